The number of carboxylic acids is 2. The molecular formula is C12H20N2O6. The first kappa shape index (κ1) is 16.2. The Balaban J connectivity index is 2.60. The highest BCUT2D eigenvalue weighted by Gasteiger charge is 2.31. The van der Waals surface area contributed by atoms with Crippen molar-refractivity contribution in [2.75, 3.05) is 20.2 Å². The average Bonchev–Trinajstić information content (AvgIpc) is 2.37. The molecule has 0 aliphatic carbocycles. The summed E-state index contributed by atoms with van der Waals surface area (Å²) in [6, 6.07) is -2.01. The predicted molar refractivity (Wildman–Crippen MR) is 68.4 cm³/mol. The fourth-order valence-corrected chi connectivity index (χ4v) is 2.14. The maximum atomic E-state index is 12.0. The molecule has 114 valence electrons. The van der Waals surface area contributed by atoms with E-state index in [1.54, 1.807) is 7.11 Å². The number of urea groups is 1. The van der Waals surface area contributed by atoms with E-state index in [2.05, 4.69) is 5.32 Å². The Hall–Kier alpha value is -1.83. The number of hydrogen-bond donors (Lipinski definition) is 3. The van der Waals surface area contributed by atoms with Gasteiger partial charge in [-0.1, -0.05) is 6.92 Å². The van der Waals surface area contributed by atoms with Gasteiger partial charge in [-0.3, -0.25) is 4.79 Å². The molecule has 0 saturated carbocycles. The van der Waals surface area contributed by atoms with E-state index in [9.17, 15) is 14.4 Å². The molecule has 0 spiro atoms. The van der Waals surface area contributed by atoms with Gasteiger partial charge in [0, 0.05) is 20.2 Å². The van der Waals surface area contributed by atoms with Gasteiger partial charge < -0.3 is 25.2 Å². The van der Waals surface area contributed by atoms with Crippen molar-refractivity contribution in [1.82, 2.24) is 10.2 Å². The average molecular weight is 288 g/mol. The summed E-state index contributed by atoms with van der Waals surface area (Å²) in [5.41, 5.74) is 0. The number of likely N-dealkylation sites (tertiary alicyclic amines) is 1. The lowest BCUT2D eigenvalue weighted by atomic mass is 9.96. The second-order valence-corrected chi connectivity index (χ2v) is 4.92. The van der Waals surface area contributed by atoms with Crippen molar-refractivity contribution in [2.24, 2.45) is 5.92 Å². The largest absolute Gasteiger partial charge is 0.481 e. The molecule has 0 aromatic carbocycles. The third-order valence-electron chi connectivity index (χ3n) is 3.45. The summed E-state index contributed by atoms with van der Waals surface area (Å²) in [5, 5.41) is 19.7. The minimum absolute atomic E-state index is 0.0998. The van der Waals surface area contributed by atoms with Crippen LogP contribution in [0.5, 0.6) is 0 Å². The number of nitrogens with one attached hydrogen (secondary N) is 1. The molecule has 1 aliphatic rings. The molecule has 1 fully saturated rings. The van der Waals surface area contributed by atoms with Crippen LogP contribution in [0.2, 0.25) is 0 Å². The van der Waals surface area contributed by atoms with Gasteiger partial charge in [-0.2, -0.15) is 0 Å². The number of methoxy groups -OCH3 is 1. The number of aliphatic carboxylic acids is 2. The molecule has 8 heteroatoms. The Labute approximate surface area is 116 Å². The zero-order valence-electron chi connectivity index (χ0n) is 11.5. The van der Waals surface area contributed by atoms with Crippen LogP contribution < -0.4 is 5.32 Å². The number of piperidine rings is 1. The van der Waals surface area contributed by atoms with Gasteiger partial charge in [0.2, 0.25) is 0 Å². The lowest BCUT2D eigenvalue weighted by Gasteiger charge is -2.36. The van der Waals surface area contributed by atoms with Crippen LogP contribution >= 0.6 is 0 Å². The van der Waals surface area contributed by atoms with Gasteiger partial charge in [0.15, 0.2) is 0 Å². The third kappa shape index (κ3) is 4.37. The van der Waals surface area contributed by atoms with E-state index in [-0.39, 0.29) is 6.10 Å². The fraction of sp³-hybridized carbons (Fsp3) is 0.750. The molecule has 20 heavy (non-hydrogen) atoms. The zero-order chi connectivity index (χ0) is 15.3. The molecule has 0 bridgehead atoms. The molecule has 8 nitrogen and oxygen atoms in total. The highest BCUT2D eigenvalue weighted by Crippen LogP contribution is 2.19. The number of carbonyl (C=O) groups excluding carboxylic acids is 1. The van der Waals surface area contributed by atoms with Crippen molar-refractivity contribution in [2.45, 2.75) is 31.9 Å². The van der Waals surface area contributed by atoms with Gasteiger partial charge in [0.05, 0.1) is 12.5 Å². The van der Waals surface area contributed by atoms with Crippen LogP contribution in [-0.4, -0.2) is 65.4 Å². The summed E-state index contributed by atoms with van der Waals surface area (Å²) in [7, 11) is 1.56. The quantitative estimate of drug-likeness (QED) is 0.654. The number of rotatable bonds is 5. The standard InChI is InChI=1S/C12H20N2O6/c1-7-3-4-14(6-9(7)20-2)12(19)13-8(11(17)18)5-10(15)16/h7-9H,3-6H2,1-2H3,(H,13,19)(H,15,16)(H,17,18)/t7?,8-,9?/m0/s1. The SMILES string of the molecule is COC1CN(C(=O)N[C@@H](CC(=O)O)C(=O)O)CCC1C. The number of carboxylic acid groups (broad SMARTS) is 2. The molecule has 1 aliphatic heterocycles. The van der Waals surface area contributed by atoms with E-state index in [1.807, 2.05) is 6.92 Å². The lowest BCUT2D eigenvalue weighted by molar-refractivity contribution is -0.145. The van der Waals surface area contributed by atoms with Gasteiger partial charge >= 0.3 is 18.0 Å². The van der Waals surface area contributed by atoms with Crippen LogP contribution in [0, 0.1) is 5.92 Å². The van der Waals surface area contributed by atoms with Gasteiger partial charge in [-0.05, 0) is 12.3 Å². The molecule has 2 unspecified atom stereocenters. The van der Waals surface area contributed by atoms with Crippen LogP contribution in [0.4, 0.5) is 4.79 Å². The van der Waals surface area contributed by atoms with E-state index in [1.165, 1.54) is 4.90 Å². The Kier molecular flexibility index (Phi) is 5.75. The van der Waals surface area contributed by atoms with E-state index in [0.717, 1.165) is 6.42 Å². The molecule has 2 amide bonds. The molecule has 3 N–H and O–H groups in total. The lowest BCUT2D eigenvalue weighted by Crippen LogP contribution is -2.54. The molecule has 1 heterocycles. The van der Waals surface area contributed by atoms with Crippen molar-refractivity contribution < 1.29 is 29.3 Å². The van der Waals surface area contributed by atoms with Gasteiger partial charge in [-0.25, -0.2) is 9.59 Å². The minimum Gasteiger partial charge on any atom is -0.481 e. The first-order valence-electron chi connectivity index (χ1n) is 6.38. The van der Waals surface area contributed by atoms with Crippen molar-refractivity contribution in [3.05, 3.63) is 0 Å². The minimum atomic E-state index is -1.43. The number of amides is 2. The summed E-state index contributed by atoms with van der Waals surface area (Å²) < 4.78 is 5.27. The number of nitrogens with zero attached hydrogens (tertiary/aromatic N) is 1. The molecule has 0 aromatic heterocycles. The van der Waals surface area contributed by atoms with Crippen LogP contribution in [0.1, 0.15) is 19.8 Å². The monoisotopic (exact) mass is 288 g/mol. The van der Waals surface area contributed by atoms with Crippen LogP contribution in [0.25, 0.3) is 0 Å². The summed E-state index contributed by atoms with van der Waals surface area (Å²) in [6.45, 7) is 2.88. The van der Waals surface area contributed by atoms with E-state index < -0.39 is 30.4 Å². The topological polar surface area (TPSA) is 116 Å². The Morgan fingerprint density at radius 3 is 2.55 bits per heavy atom. The molecule has 1 saturated heterocycles. The first-order valence-corrected chi connectivity index (χ1v) is 6.38. The number of carbonyl (C=O) groups is 3. The third-order valence-corrected chi connectivity index (χ3v) is 3.45. The number of ether oxygens (including phenoxy) is 1. The summed E-state index contributed by atoms with van der Waals surface area (Å²) >= 11 is 0. The molecule has 0 aromatic rings. The van der Waals surface area contributed by atoms with Gasteiger partial charge in [0.1, 0.15) is 6.04 Å². The van der Waals surface area contributed by atoms with Crippen molar-refractivity contribution in [3.63, 3.8) is 0 Å². The van der Waals surface area contributed by atoms with Crippen molar-refractivity contribution in [3.8, 4) is 0 Å². The first-order chi connectivity index (χ1) is 9.35. The highest BCUT2D eigenvalue weighted by molar-refractivity contribution is 5.86. The second-order valence-electron chi connectivity index (χ2n) is 4.92. The van der Waals surface area contributed by atoms with Crippen LogP contribution in [0.15, 0.2) is 0 Å². The van der Waals surface area contributed by atoms with E-state index in [0.29, 0.717) is 19.0 Å². The Morgan fingerprint density at radius 2 is 2.05 bits per heavy atom. The predicted octanol–water partition coefficient (Wildman–Crippen LogP) is -0.0193. The fourth-order valence-electron chi connectivity index (χ4n) is 2.14. The van der Waals surface area contributed by atoms with E-state index in [4.69, 9.17) is 14.9 Å². The maximum absolute atomic E-state index is 12.0. The molecule has 3 atom stereocenters. The summed E-state index contributed by atoms with van der Waals surface area (Å²) in [4.78, 5) is 34.9. The summed E-state index contributed by atoms with van der Waals surface area (Å²) in [5.74, 6) is -2.33. The Bertz CT molecular complexity index is 386. The maximum Gasteiger partial charge on any atom is 0.326 e. The van der Waals surface area contributed by atoms with Gasteiger partial charge in [0.25, 0.3) is 0 Å². The smallest absolute Gasteiger partial charge is 0.326 e. The Morgan fingerprint density at radius 1 is 1.40 bits per heavy atom. The molecule has 0 radical (unpaired) electrons. The van der Waals surface area contributed by atoms with Crippen LogP contribution in [0.3, 0.4) is 0 Å². The van der Waals surface area contributed by atoms with Crippen molar-refractivity contribution in [1.29, 1.82) is 0 Å². The zero-order valence-corrected chi connectivity index (χ0v) is 11.5. The van der Waals surface area contributed by atoms with Crippen molar-refractivity contribution >= 4 is 18.0 Å². The molecular weight excluding hydrogens is 268 g/mol. The molecule has 1 rings (SSSR count). The summed E-state index contributed by atoms with van der Waals surface area (Å²) in [6.07, 6.45) is -0.000940. The van der Waals surface area contributed by atoms with Crippen LogP contribution in [-0.2, 0) is 14.3 Å². The normalized spacial score (nSPS) is 24.0. The van der Waals surface area contributed by atoms with E-state index >= 15 is 0 Å². The highest BCUT2D eigenvalue weighted by atomic mass is 16.5. The second kappa shape index (κ2) is 7.09. The van der Waals surface area contributed by atoms with Gasteiger partial charge in [-0.15, -0.1) is 0 Å². The number of hydrogen-bond acceptors (Lipinski definition) is 4.